The van der Waals surface area contributed by atoms with Gasteiger partial charge in [0.05, 0.1) is 20.8 Å². The highest BCUT2D eigenvalue weighted by Gasteiger charge is 2.24. The van der Waals surface area contributed by atoms with Gasteiger partial charge in [-0.05, 0) is 56.3 Å². The van der Waals surface area contributed by atoms with Gasteiger partial charge in [-0.1, -0.05) is 18.2 Å². The van der Waals surface area contributed by atoms with Crippen molar-refractivity contribution >= 4 is 23.3 Å². The van der Waals surface area contributed by atoms with E-state index in [1.807, 2.05) is 56.5 Å². The Morgan fingerprint density at radius 1 is 1.12 bits per heavy atom. The molecule has 1 aromatic carbocycles. The van der Waals surface area contributed by atoms with E-state index in [-0.39, 0.29) is 25.0 Å². The first kappa shape index (κ1) is 26.3. The fourth-order valence-corrected chi connectivity index (χ4v) is 3.94. The summed E-state index contributed by atoms with van der Waals surface area (Å²) in [4.78, 5) is 30.4. The molecular formula is C25H35N3O4S. The van der Waals surface area contributed by atoms with Crippen LogP contribution < -0.4 is 14.8 Å². The molecule has 0 fully saturated rings. The van der Waals surface area contributed by atoms with Crippen LogP contribution in [0.4, 0.5) is 4.79 Å². The number of hydrogen-bond donors (Lipinski definition) is 1. The number of benzene rings is 1. The number of nitrogens with one attached hydrogen (secondary N) is 1. The first-order valence-electron chi connectivity index (χ1n) is 10.9. The van der Waals surface area contributed by atoms with E-state index < -0.39 is 5.54 Å². The molecule has 0 aliphatic rings. The molecule has 0 saturated carbocycles. The van der Waals surface area contributed by atoms with Crippen LogP contribution in [-0.4, -0.2) is 61.1 Å². The molecule has 7 nitrogen and oxygen atoms in total. The molecule has 180 valence electrons. The smallest absolute Gasteiger partial charge is 0.318 e. The molecule has 0 aliphatic carbocycles. The fourth-order valence-electron chi connectivity index (χ4n) is 3.22. The minimum absolute atomic E-state index is 0.0226. The number of methoxy groups -OCH3 is 2. The van der Waals surface area contributed by atoms with Crippen molar-refractivity contribution in [1.82, 2.24) is 15.1 Å². The normalized spacial score (nSPS) is 10.9. The quantitative estimate of drug-likeness (QED) is 0.493. The summed E-state index contributed by atoms with van der Waals surface area (Å²) in [5, 5.41) is 4.91. The summed E-state index contributed by atoms with van der Waals surface area (Å²) in [6, 6.07) is 9.45. The van der Waals surface area contributed by atoms with Crippen molar-refractivity contribution in [3.05, 3.63) is 58.8 Å². The molecule has 0 unspecified atom stereocenters. The van der Waals surface area contributed by atoms with E-state index in [1.165, 1.54) is 4.90 Å². The Balaban J connectivity index is 2.15. The second kappa shape index (κ2) is 12.3. The Hall–Kier alpha value is -3.00. The van der Waals surface area contributed by atoms with Gasteiger partial charge in [-0.3, -0.25) is 4.79 Å². The largest absolute Gasteiger partial charge is 0.493 e. The molecule has 33 heavy (non-hydrogen) atoms. The lowest BCUT2D eigenvalue weighted by Gasteiger charge is -2.30. The number of carbonyl (C=O) groups excluding carboxylic acids is 2. The molecule has 1 heterocycles. The molecule has 2 rings (SSSR count). The lowest BCUT2D eigenvalue weighted by atomic mass is 10.1. The van der Waals surface area contributed by atoms with Crippen LogP contribution in [0, 0.1) is 0 Å². The Morgan fingerprint density at radius 3 is 2.42 bits per heavy atom. The van der Waals surface area contributed by atoms with Crippen molar-refractivity contribution in [2.24, 2.45) is 0 Å². The highest BCUT2D eigenvalue weighted by Crippen LogP contribution is 2.28. The molecule has 0 aliphatic heterocycles. The van der Waals surface area contributed by atoms with Crippen molar-refractivity contribution in [3.63, 3.8) is 0 Å². The number of nitrogens with zero attached hydrogens (tertiary/aromatic N) is 2. The minimum Gasteiger partial charge on any atom is -0.493 e. The number of ether oxygens (including phenoxy) is 2. The highest BCUT2D eigenvalue weighted by molar-refractivity contribution is 7.09. The fraction of sp³-hybridized carbons (Fsp3) is 0.440. The number of hydrogen-bond acceptors (Lipinski definition) is 5. The summed E-state index contributed by atoms with van der Waals surface area (Å²) in [5.74, 6) is 1.20. The summed E-state index contributed by atoms with van der Waals surface area (Å²) < 4.78 is 10.7. The SMILES string of the molecule is C=CCN(CC(=O)N(CCc1ccc(OC)c(OC)c1)Cc1cccs1)C(=O)NC(C)(C)C. The van der Waals surface area contributed by atoms with Gasteiger partial charge in [-0.2, -0.15) is 0 Å². The molecule has 3 amide bonds. The molecule has 0 bridgehead atoms. The summed E-state index contributed by atoms with van der Waals surface area (Å²) in [6.07, 6.45) is 2.27. The van der Waals surface area contributed by atoms with Gasteiger partial charge >= 0.3 is 6.03 Å². The summed E-state index contributed by atoms with van der Waals surface area (Å²) in [5.41, 5.74) is 0.633. The van der Waals surface area contributed by atoms with Crippen molar-refractivity contribution in [2.75, 3.05) is 33.9 Å². The van der Waals surface area contributed by atoms with Crippen LogP contribution in [0.15, 0.2) is 48.4 Å². The zero-order chi connectivity index (χ0) is 24.4. The van der Waals surface area contributed by atoms with Crippen LogP contribution in [-0.2, 0) is 17.8 Å². The molecule has 0 atom stereocenters. The highest BCUT2D eigenvalue weighted by atomic mass is 32.1. The third kappa shape index (κ3) is 8.46. The molecule has 1 N–H and O–H groups in total. The number of carbonyl (C=O) groups is 2. The predicted octanol–water partition coefficient (Wildman–Crippen LogP) is 4.33. The van der Waals surface area contributed by atoms with E-state index in [9.17, 15) is 9.59 Å². The zero-order valence-electron chi connectivity index (χ0n) is 20.2. The van der Waals surface area contributed by atoms with Crippen molar-refractivity contribution in [3.8, 4) is 11.5 Å². The number of urea groups is 1. The first-order valence-corrected chi connectivity index (χ1v) is 11.7. The van der Waals surface area contributed by atoms with E-state index >= 15 is 0 Å². The standard InChI is InChI=1S/C25H35N3O4S/c1-7-13-28(24(30)26-25(2,3)4)18-23(29)27(17-20-9-8-15-33-20)14-12-19-10-11-21(31-5)22(16-19)32-6/h7-11,15-16H,1,12-14,17-18H2,2-6H3,(H,26,30). The van der Waals surface area contributed by atoms with Gasteiger partial charge in [0, 0.05) is 23.5 Å². The second-order valence-corrected chi connectivity index (χ2v) is 9.72. The zero-order valence-corrected chi connectivity index (χ0v) is 21.0. The van der Waals surface area contributed by atoms with Gasteiger partial charge in [0.1, 0.15) is 6.54 Å². The van der Waals surface area contributed by atoms with E-state index in [0.29, 0.717) is 31.0 Å². The third-order valence-electron chi connectivity index (χ3n) is 4.84. The van der Waals surface area contributed by atoms with Gasteiger partial charge < -0.3 is 24.6 Å². The Labute approximate surface area is 201 Å². The monoisotopic (exact) mass is 473 g/mol. The minimum atomic E-state index is -0.399. The van der Waals surface area contributed by atoms with Gasteiger partial charge in [0.25, 0.3) is 0 Å². The van der Waals surface area contributed by atoms with Crippen molar-refractivity contribution < 1.29 is 19.1 Å². The lowest BCUT2D eigenvalue weighted by Crippen LogP contribution is -2.51. The molecule has 0 spiro atoms. The summed E-state index contributed by atoms with van der Waals surface area (Å²) in [6.45, 7) is 10.7. The maximum Gasteiger partial charge on any atom is 0.318 e. The van der Waals surface area contributed by atoms with Gasteiger partial charge in [0.2, 0.25) is 5.91 Å². The second-order valence-electron chi connectivity index (χ2n) is 8.68. The van der Waals surface area contributed by atoms with Crippen LogP contribution in [0.1, 0.15) is 31.2 Å². The molecule has 0 radical (unpaired) electrons. The molecule has 0 saturated heterocycles. The van der Waals surface area contributed by atoms with Gasteiger partial charge in [-0.15, -0.1) is 17.9 Å². The predicted molar refractivity (Wildman–Crippen MR) is 133 cm³/mol. The number of thiophene rings is 1. The van der Waals surface area contributed by atoms with Gasteiger partial charge in [-0.25, -0.2) is 4.79 Å². The van der Waals surface area contributed by atoms with E-state index in [4.69, 9.17) is 9.47 Å². The van der Waals surface area contributed by atoms with Crippen LogP contribution in [0.25, 0.3) is 0 Å². The average Bonchev–Trinajstić information content (AvgIpc) is 3.28. The molecule has 1 aromatic heterocycles. The maximum atomic E-state index is 13.3. The average molecular weight is 474 g/mol. The topological polar surface area (TPSA) is 71.1 Å². The number of rotatable bonds is 11. The Bertz CT molecular complexity index is 922. The third-order valence-corrected chi connectivity index (χ3v) is 5.70. The number of amides is 3. The van der Waals surface area contributed by atoms with Crippen LogP contribution in [0.3, 0.4) is 0 Å². The van der Waals surface area contributed by atoms with Crippen LogP contribution in [0.2, 0.25) is 0 Å². The van der Waals surface area contributed by atoms with Crippen LogP contribution in [0.5, 0.6) is 11.5 Å². The van der Waals surface area contributed by atoms with E-state index in [2.05, 4.69) is 11.9 Å². The Kier molecular flexibility index (Phi) is 9.78. The molecule has 2 aromatic rings. The summed E-state index contributed by atoms with van der Waals surface area (Å²) in [7, 11) is 3.20. The van der Waals surface area contributed by atoms with Crippen LogP contribution >= 0.6 is 11.3 Å². The lowest BCUT2D eigenvalue weighted by molar-refractivity contribution is -0.132. The summed E-state index contributed by atoms with van der Waals surface area (Å²) >= 11 is 1.61. The molecule has 8 heteroatoms. The maximum absolute atomic E-state index is 13.3. The van der Waals surface area contributed by atoms with Gasteiger partial charge in [0.15, 0.2) is 11.5 Å². The van der Waals surface area contributed by atoms with E-state index in [1.54, 1.807) is 36.5 Å². The van der Waals surface area contributed by atoms with Crippen molar-refractivity contribution in [1.29, 1.82) is 0 Å². The molecular weight excluding hydrogens is 438 g/mol. The Morgan fingerprint density at radius 2 is 1.85 bits per heavy atom. The first-order chi connectivity index (χ1) is 15.7. The van der Waals surface area contributed by atoms with Crippen molar-refractivity contribution in [2.45, 2.75) is 39.3 Å². The van der Waals surface area contributed by atoms with E-state index in [0.717, 1.165) is 10.4 Å².